The van der Waals surface area contributed by atoms with Gasteiger partial charge in [0.1, 0.15) is 0 Å². The molecule has 0 aromatic heterocycles. The highest BCUT2D eigenvalue weighted by atomic mass is 16.5. The number of carbonyl (C=O) groups excluding carboxylic acids is 1. The number of benzene rings is 2. The summed E-state index contributed by atoms with van der Waals surface area (Å²) in [7, 11) is 1.62. The van der Waals surface area contributed by atoms with Crippen molar-refractivity contribution < 1.29 is 19.0 Å². The largest absolute Gasteiger partial charge is 0.493 e. The Hall–Kier alpha value is -2.93. The van der Waals surface area contributed by atoms with Crippen molar-refractivity contribution in [2.45, 2.75) is 13.3 Å². The summed E-state index contributed by atoms with van der Waals surface area (Å²) in [6.07, 6.45) is 0.696. The summed E-state index contributed by atoms with van der Waals surface area (Å²) in [5.74, 6) is 1.43. The number of methoxy groups -OCH3 is 1. The SMILES string of the molecule is CCOc1ccc(CCNC(=O)Nc2ccccc2N2CCOCC2)cc1OC. The molecule has 0 spiro atoms. The van der Waals surface area contributed by atoms with Gasteiger partial charge in [0.25, 0.3) is 0 Å². The molecule has 1 heterocycles. The normalized spacial score (nSPS) is 13.7. The lowest BCUT2D eigenvalue weighted by Gasteiger charge is -2.30. The van der Waals surface area contributed by atoms with Crippen molar-refractivity contribution in [1.82, 2.24) is 5.32 Å². The summed E-state index contributed by atoms with van der Waals surface area (Å²) < 4.78 is 16.3. The Morgan fingerprint density at radius 2 is 1.93 bits per heavy atom. The van der Waals surface area contributed by atoms with Crippen molar-refractivity contribution in [2.75, 3.05) is 56.8 Å². The summed E-state index contributed by atoms with van der Waals surface area (Å²) in [6.45, 7) is 6.08. The Balaban J connectivity index is 1.53. The first-order chi connectivity index (χ1) is 14.2. The molecule has 0 unspecified atom stereocenters. The van der Waals surface area contributed by atoms with E-state index < -0.39 is 0 Å². The monoisotopic (exact) mass is 399 g/mol. The molecule has 1 saturated heterocycles. The van der Waals surface area contributed by atoms with Gasteiger partial charge in [-0.2, -0.15) is 0 Å². The van der Waals surface area contributed by atoms with Gasteiger partial charge in [-0.05, 0) is 43.2 Å². The summed E-state index contributed by atoms with van der Waals surface area (Å²) in [5.41, 5.74) is 2.89. The van der Waals surface area contributed by atoms with Gasteiger partial charge in [0.15, 0.2) is 11.5 Å². The predicted octanol–water partition coefficient (Wildman–Crippen LogP) is 3.29. The zero-order valence-corrected chi connectivity index (χ0v) is 17.1. The summed E-state index contributed by atoms with van der Waals surface area (Å²) in [6, 6.07) is 13.5. The molecule has 0 bridgehead atoms. The van der Waals surface area contributed by atoms with Gasteiger partial charge in [-0.1, -0.05) is 18.2 Å². The van der Waals surface area contributed by atoms with E-state index in [0.29, 0.717) is 38.5 Å². The number of urea groups is 1. The number of amides is 2. The third kappa shape index (κ3) is 5.77. The van der Waals surface area contributed by atoms with E-state index in [2.05, 4.69) is 15.5 Å². The lowest BCUT2D eigenvalue weighted by atomic mass is 10.1. The molecule has 2 aromatic rings. The highest BCUT2D eigenvalue weighted by molar-refractivity contribution is 5.93. The van der Waals surface area contributed by atoms with Crippen LogP contribution in [0, 0.1) is 0 Å². The van der Waals surface area contributed by atoms with E-state index in [-0.39, 0.29) is 6.03 Å². The van der Waals surface area contributed by atoms with Gasteiger partial charge in [0.2, 0.25) is 0 Å². The highest BCUT2D eigenvalue weighted by Crippen LogP contribution is 2.28. The van der Waals surface area contributed by atoms with Gasteiger partial charge in [0, 0.05) is 19.6 Å². The molecular weight excluding hydrogens is 370 g/mol. The van der Waals surface area contributed by atoms with Crippen LogP contribution < -0.4 is 25.0 Å². The van der Waals surface area contributed by atoms with Crippen LogP contribution in [0.2, 0.25) is 0 Å². The zero-order chi connectivity index (χ0) is 20.5. The Kier molecular flexibility index (Phi) is 7.58. The summed E-state index contributed by atoms with van der Waals surface area (Å²) in [4.78, 5) is 14.6. The van der Waals surface area contributed by atoms with Gasteiger partial charge in [-0.3, -0.25) is 0 Å². The lowest BCUT2D eigenvalue weighted by Crippen LogP contribution is -2.37. The van der Waals surface area contributed by atoms with E-state index >= 15 is 0 Å². The minimum Gasteiger partial charge on any atom is -0.493 e. The fourth-order valence-corrected chi connectivity index (χ4v) is 3.29. The second-order valence-corrected chi connectivity index (χ2v) is 6.67. The van der Waals surface area contributed by atoms with Crippen LogP contribution in [0.4, 0.5) is 16.2 Å². The molecule has 156 valence electrons. The van der Waals surface area contributed by atoms with Crippen LogP contribution in [0.1, 0.15) is 12.5 Å². The number of hydrogen-bond acceptors (Lipinski definition) is 5. The van der Waals surface area contributed by atoms with E-state index in [1.165, 1.54) is 0 Å². The average Bonchev–Trinajstić information content (AvgIpc) is 2.76. The van der Waals surface area contributed by atoms with Crippen LogP contribution in [-0.4, -0.2) is 52.6 Å². The average molecular weight is 399 g/mol. The Morgan fingerprint density at radius 3 is 2.69 bits per heavy atom. The van der Waals surface area contributed by atoms with Gasteiger partial charge < -0.3 is 29.7 Å². The van der Waals surface area contributed by atoms with E-state index in [4.69, 9.17) is 14.2 Å². The predicted molar refractivity (Wildman–Crippen MR) is 114 cm³/mol. The number of hydrogen-bond donors (Lipinski definition) is 2. The molecule has 2 amide bonds. The fourth-order valence-electron chi connectivity index (χ4n) is 3.29. The van der Waals surface area contributed by atoms with Crippen molar-refractivity contribution >= 4 is 17.4 Å². The van der Waals surface area contributed by atoms with Crippen LogP contribution in [0.3, 0.4) is 0 Å². The van der Waals surface area contributed by atoms with Gasteiger partial charge >= 0.3 is 6.03 Å². The van der Waals surface area contributed by atoms with Crippen molar-refractivity contribution in [3.63, 3.8) is 0 Å². The van der Waals surface area contributed by atoms with Crippen molar-refractivity contribution in [3.8, 4) is 11.5 Å². The Morgan fingerprint density at radius 1 is 1.14 bits per heavy atom. The summed E-state index contributed by atoms with van der Waals surface area (Å²) >= 11 is 0. The van der Waals surface area contributed by atoms with Crippen LogP contribution >= 0.6 is 0 Å². The second-order valence-electron chi connectivity index (χ2n) is 6.67. The number of rotatable bonds is 8. The number of carbonyl (C=O) groups is 1. The number of para-hydroxylation sites is 2. The quantitative estimate of drug-likeness (QED) is 0.713. The molecule has 1 fully saturated rings. The minimum atomic E-state index is -0.219. The van der Waals surface area contributed by atoms with Gasteiger partial charge in [-0.25, -0.2) is 4.79 Å². The third-order valence-corrected chi connectivity index (χ3v) is 4.73. The first kappa shape index (κ1) is 20.8. The number of nitrogens with one attached hydrogen (secondary N) is 2. The van der Waals surface area contributed by atoms with Crippen molar-refractivity contribution in [3.05, 3.63) is 48.0 Å². The Bertz CT molecular complexity index is 806. The standard InChI is InChI=1S/C22H29N3O4/c1-3-29-20-9-8-17(16-21(20)27-2)10-11-23-22(26)24-18-6-4-5-7-19(18)25-12-14-28-15-13-25/h4-9,16H,3,10-15H2,1-2H3,(H2,23,24,26). The number of anilines is 2. The van der Waals surface area contributed by atoms with E-state index in [9.17, 15) is 4.79 Å². The van der Waals surface area contributed by atoms with Crippen molar-refractivity contribution in [1.29, 1.82) is 0 Å². The molecule has 1 aliphatic heterocycles. The molecule has 29 heavy (non-hydrogen) atoms. The maximum atomic E-state index is 12.4. The molecule has 2 N–H and O–H groups in total. The molecule has 0 saturated carbocycles. The van der Waals surface area contributed by atoms with Crippen molar-refractivity contribution in [2.24, 2.45) is 0 Å². The Labute approximate surface area is 171 Å². The number of morpholine rings is 1. The second kappa shape index (κ2) is 10.6. The third-order valence-electron chi connectivity index (χ3n) is 4.73. The van der Waals surface area contributed by atoms with Crippen LogP contribution in [0.5, 0.6) is 11.5 Å². The molecular formula is C22H29N3O4. The molecule has 1 aliphatic rings. The molecule has 7 heteroatoms. The molecule has 3 rings (SSSR count). The maximum absolute atomic E-state index is 12.4. The van der Waals surface area contributed by atoms with E-state index in [0.717, 1.165) is 35.8 Å². The molecule has 0 radical (unpaired) electrons. The highest BCUT2D eigenvalue weighted by Gasteiger charge is 2.15. The van der Waals surface area contributed by atoms with Crippen LogP contribution in [-0.2, 0) is 11.2 Å². The first-order valence-corrected chi connectivity index (χ1v) is 9.97. The van der Waals surface area contributed by atoms with Gasteiger partial charge in [-0.15, -0.1) is 0 Å². The van der Waals surface area contributed by atoms with Crippen LogP contribution in [0.15, 0.2) is 42.5 Å². The molecule has 2 aromatic carbocycles. The minimum absolute atomic E-state index is 0.219. The fraction of sp³-hybridized carbons (Fsp3) is 0.409. The maximum Gasteiger partial charge on any atom is 0.319 e. The lowest BCUT2D eigenvalue weighted by molar-refractivity contribution is 0.123. The topological polar surface area (TPSA) is 72.1 Å². The molecule has 0 aliphatic carbocycles. The summed E-state index contributed by atoms with van der Waals surface area (Å²) in [5, 5.41) is 5.89. The smallest absolute Gasteiger partial charge is 0.319 e. The van der Waals surface area contributed by atoms with E-state index in [1.807, 2.05) is 49.4 Å². The zero-order valence-electron chi connectivity index (χ0n) is 17.1. The van der Waals surface area contributed by atoms with E-state index in [1.54, 1.807) is 7.11 Å². The van der Waals surface area contributed by atoms with Crippen LogP contribution in [0.25, 0.3) is 0 Å². The number of ether oxygens (including phenoxy) is 3. The van der Waals surface area contributed by atoms with Gasteiger partial charge in [0.05, 0.1) is 38.3 Å². The first-order valence-electron chi connectivity index (χ1n) is 9.97. The molecule has 7 nitrogen and oxygen atoms in total. The number of nitrogens with zero attached hydrogens (tertiary/aromatic N) is 1. The molecule has 0 atom stereocenters.